The van der Waals surface area contributed by atoms with Gasteiger partial charge in [0.25, 0.3) is 0 Å². The number of carbonyl (C=O) groups is 2. The van der Waals surface area contributed by atoms with E-state index in [1.54, 1.807) is 19.1 Å². The molecule has 0 saturated carbocycles. The molecule has 1 atom stereocenters. The van der Waals surface area contributed by atoms with Crippen molar-refractivity contribution in [3.05, 3.63) is 35.9 Å². The van der Waals surface area contributed by atoms with Crippen LogP contribution in [0, 0.1) is 5.92 Å². The van der Waals surface area contributed by atoms with Crippen LogP contribution in [-0.2, 0) is 9.53 Å². The topological polar surface area (TPSA) is 43.4 Å². The molecule has 1 rings (SSSR count). The van der Waals surface area contributed by atoms with Gasteiger partial charge in [0.15, 0.2) is 5.78 Å². The molecule has 1 aromatic carbocycles. The number of ketones is 1. The summed E-state index contributed by atoms with van der Waals surface area (Å²) >= 11 is 0. The summed E-state index contributed by atoms with van der Waals surface area (Å²) in [6, 6.07) is 9.07. The molecule has 0 aliphatic rings. The molecule has 3 heteroatoms. The van der Waals surface area contributed by atoms with Crippen LogP contribution >= 0.6 is 0 Å². The highest BCUT2D eigenvalue weighted by Crippen LogP contribution is 2.17. The highest BCUT2D eigenvalue weighted by Gasteiger charge is 2.22. The Morgan fingerprint density at radius 1 is 1.17 bits per heavy atom. The van der Waals surface area contributed by atoms with E-state index in [1.807, 2.05) is 25.1 Å². The van der Waals surface area contributed by atoms with E-state index in [1.165, 1.54) is 0 Å². The Kier molecular flexibility index (Phi) is 6.12. The van der Waals surface area contributed by atoms with Crippen molar-refractivity contribution in [3.8, 4) is 0 Å². The van der Waals surface area contributed by atoms with Crippen LogP contribution < -0.4 is 0 Å². The normalized spacial score (nSPS) is 11.9. The molecule has 0 amide bonds. The lowest BCUT2D eigenvalue weighted by atomic mass is 9.94. The molecule has 0 saturated heterocycles. The summed E-state index contributed by atoms with van der Waals surface area (Å²) in [6.07, 6.45) is 1.79. The van der Waals surface area contributed by atoms with E-state index in [9.17, 15) is 9.59 Å². The highest BCUT2D eigenvalue weighted by atomic mass is 16.5. The van der Waals surface area contributed by atoms with Gasteiger partial charge < -0.3 is 4.74 Å². The van der Waals surface area contributed by atoms with E-state index in [4.69, 9.17) is 4.74 Å². The van der Waals surface area contributed by atoms with Crippen molar-refractivity contribution in [2.24, 2.45) is 5.92 Å². The maximum atomic E-state index is 12.0. The second kappa shape index (κ2) is 7.64. The summed E-state index contributed by atoms with van der Waals surface area (Å²) in [5.41, 5.74) is 0.655. The standard InChI is InChI=1S/C15H20O3/c1-3-8-13(15(17)18-4-2)11-14(16)12-9-6-5-7-10-12/h5-7,9-10,13H,3-4,8,11H2,1-2H3. The average molecular weight is 248 g/mol. The van der Waals surface area contributed by atoms with E-state index < -0.39 is 0 Å². The first-order valence-electron chi connectivity index (χ1n) is 6.43. The minimum Gasteiger partial charge on any atom is -0.466 e. The number of rotatable bonds is 7. The van der Waals surface area contributed by atoms with Crippen molar-refractivity contribution in [1.29, 1.82) is 0 Å². The van der Waals surface area contributed by atoms with E-state index in [0.717, 1.165) is 6.42 Å². The van der Waals surface area contributed by atoms with Crippen molar-refractivity contribution in [3.63, 3.8) is 0 Å². The molecular formula is C15H20O3. The zero-order chi connectivity index (χ0) is 13.4. The molecule has 0 fully saturated rings. The maximum Gasteiger partial charge on any atom is 0.309 e. The average Bonchev–Trinajstić information content (AvgIpc) is 2.39. The van der Waals surface area contributed by atoms with Crippen molar-refractivity contribution >= 4 is 11.8 Å². The Hall–Kier alpha value is -1.64. The number of ether oxygens (including phenoxy) is 1. The Morgan fingerprint density at radius 2 is 1.83 bits per heavy atom. The fourth-order valence-electron chi connectivity index (χ4n) is 1.88. The van der Waals surface area contributed by atoms with Gasteiger partial charge >= 0.3 is 5.97 Å². The molecule has 0 aromatic heterocycles. The van der Waals surface area contributed by atoms with Crippen molar-refractivity contribution < 1.29 is 14.3 Å². The van der Waals surface area contributed by atoms with Crippen LogP contribution in [-0.4, -0.2) is 18.4 Å². The molecule has 98 valence electrons. The van der Waals surface area contributed by atoms with Gasteiger partial charge in [-0.05, 0) is 13.3 Å². The van der Waals surface area contributed by atoms with Gasteiger partial charge in [0.1, 0.15) is 0 Å². The summed E-state index contributed by atoms with van der Waals surface area (Å²) in [7, 11) is 0. The van der Waals surface area contributed by atoms with Crippen LogP contribution in [0.1, 0.15) is 43.5 Å². The largest absolute Gasteiger partial charge is 0.466 e. The van der Waals surface area contributed by atoms with Crippen LogP contribution in [0.2, 0.25) is 0 Å². The van der Waals surface area contributed by atoms with E-state index in [0.29, 0.717) is 18.6 Å². The minimum absolute atomic E-state index is 0.00195. The van der Waals surface area contributed by atoms with E-state index in [2.05, 4.69) is 0 Å². The Morgan fingerprint density at radius 3 is 2.39 bits per heavy atom. The lowest BCUT2D eigenvalue weighted by Crippen LogP contribution is -2.21. The van der Waals surface area contributed by atoms with Crippen molar-refractivity contribution in [2.75, 3.05) is 6.61 Å². The molecule has 3 nitrogen and oxygen atoms in total. The van der Waals surface area contributed by atoms with Gasteiger partial charge in [-0.25, -0.2) is 0 Å². The Labute approximate surface area is 108 Å². The minimum atomic E-state index is -0.317. The molecule has 18 heavy (non-hydrogen) atoms. The first kappa shape index (κ1) is 14.4. The first-order valence-corrected chi connectivity index (χ1v) is 6.43. The molecule has 0 spiro atoms. The second-order valence-electron chi connectivity index (χ2n) is 4.23. The molecule has 0 N–H and O–H groups in total. The Balaban J connectivity index is 2.66. The molecule has 1 aromatic rings. The molecule has 0 radical (unpaired) electrons. The third-order valence-corrected chi connectivity index (χ3v) is 2.78. The smallest absolute Gasteiger partial charge is 0.309 e. The molecular weight excluding hydrogens is 228 g/mol. The number of hydrogen-bond donors (Lipinski definition) is 0. The number of hydrogen-bond acceptors (Lipinski definition) is 3. The Bertz CT molecular complexity index is 384. The van der Waals surface area contributed by atoms with E-state index >= 15 is 0 Å². The number of esters is 1. The van der Waals surface area contributed by atoms with Gasteiger partial charge in [-0.2, -0.15) is 0 Å². The van der Waals surface area contributed by atoms with Gasteiger partial charge in [-0.1, -0.05) is 43.7 Å². The van der Waals surface area contributed by atoms with Crippen LogP contribution in [0.3, 0.4) is 0 Å². The van der Waals surface area contributed by atoms with Crippen molar-refractivity contribution in [1.82, 2.24) is 0 Å². The van der Waals surface area contributed by atoms with Crippen LogP contribution in [0.4, 0.5) is 0 Å². The number of carbonyl (C=O) groups excluding carboxylic acids is 2. The third-order valence-electron chi connectivity index (χ3n) is 2.78. The lowest BCUT2D eigenvalue weighted by molar-refractivity contribution is -0.148. The molecule has 0 aliphatic heterocycles. The summed E-state index contributed by atoms with van der Waals surface area (Å²) in [4.78, 5) is 23.8. The third kappa shape index (κ3) is 4.32. The van der Waals surface area contributed by atoms with Gasteiger partial charge in [0.05, 0.1) is 12.5 Å². The highest BCUT2D eigenvalue weighted by molar-refractivity contribution is 5.98. The van der Waals surface area contributed by atoms with E-state index in [-0.39, 0.29) is 24.1 Å². The van der Waals surface area contributed by atoms with Crippen LogP contribution in [0.5, 0.6) is 0 Å². The predicted octanol–water partition coefficient (Wildman–Crippen LogP) is 3.24. The number of benzene rings is 1. The fraction of sp³-hybridized carbons (Fsp3) is 0.467. The summed E-state index contributed by atoms with van der Waals surface area (Å²) < 4.78 is 5.00. The van der Waals surface area contributed by atoms with Crippen molar-refractivity contribution in [2.45, 2.75) is 33.1 Å². The van der Waals surface area contributed by atoms with Crippen LogP contribution in [0.15, 0.2) is 30.3 Å². The van der Waals surface area contributed by atoms with Gasteiger partial charge in [0.2, 0.25) is 0 Å². The zero-order valence-corrected chi connectivity index (χ0v) is 11.0. The van der Waals surface area contributed by atoms with Gasteiger partial charge in [-0.15, -0.1) is 0 Å². The lowest BCUT2D eigenvalue weighted by Gasteiger charge is -2.13. The first-order chi connectivity index (χ1) is 8.69. The summed E-state index contributed by atoms with van der Waals surface area (Å²) in [6.45, 7) is 4.14. The second-order valence-corrected chi connectivity index (χ2v) is 4.23. The number of Topliss-reactive ketones (excluding diaryl/α,β-unsaturated/α-hetero) is 1. The summed E-state index contributed by atoms with van der Waals surface area (Å²) in [5.74, 6) is -0.576. The SMILES string of the molecule is CCCC(CC(=O)c1ccccc1)C(=O)OCC. The molecule has 1 unspecified atom stereocenters. The maximum absolute atomic E-state index is 12.0. The molecule has 0 heterocycles. The molecule has 0 aliphatic carbocycles. The monoisotopic (exact) mass is 248 g/mol. The quantitative estimate of drug-likeness (QED) is 0.549. The van der Waals surface area contributed by atoms with Gasteiger partial charge in [-0.3, -0.25) is 9.59 Å². The summed E-state index contributed by atoms with van der Waals surface area (Å²) in [5, 5.41) is 0. The predicted molar refractivity (Wildman–Crippen MR) is 70.4 cm³/mol. The van der Waals surface area contributed by atoms with Crippen LogP contribution in [0.25, 0.3) is 0 Å². The molecule has 0 bridgehead atoms. The zero-order valence-electron chi connectivity index (χ0n) is 11.0. The fourth-order valence-corrected chi connectivity index (χ4v) is 1.88. The van der Waals surface area contributed by atoms with Gasteiger partial charge in [0, 0.05) is 12.0 Å².